The van der Waals surface area contributed by atoms with Gasteiger partial charge in [-0.2, -0.15) is 13.2 Å². The number of aromatic nitrogens is 1. The number of nitrogens with zero attached hydrogens (tertiary/aromatic N) is 2. The van der Waals surface area contributed by atoms with E-state index in [9.17, 15) is 18.0 Å². The first-order valence-electron chi connectivity index (χ1n) is 12.7. The molecule has 1 saturated carbocycles. The molecule has 0 saturated heterocycles. The lowest BCUT2D eigenvalue weighted by atomic mass is 10.0. The average molecular weight is 536 g/mol. The molecule has 0 aliphatic heterocycles. The number of hydrogen-bond donors (Lipinski definition) is 3. The van der Waals surface area contributed by atoms with Gasteiger partial charge in [0.1, 0.15) is 5.70 Å². The maximum Gasteiger partial charge on any atom is 0.415 e. The Hall–Kier alpha value is -3.95. The Labute approximate surface area is 226 Å². The van der Waals surface area contributed by atoms with Crippen LogP contribution in [0.4, 0.5) is 24.5 Å². The minimum Gasteiger partial charge on any atom is -0.340 e. The highest BCUT2D eigenvalue weighted by Gasteiger charge is 2.32. The van der Waals surface area contributed by atoms with Gasteiger partial charge in [-0.3, -0.25) is 9.78 Å². The number of allylic oxidation sites excluding steroid dienone is 2. The maximum absolute atomic E-state index is 13.4. The van der Waals surface area contributed by atoms with Crippen molar-refractivity contribution in [1.29, 1.82) is 0 Å². The maximum atomic E-state index is 13.4. The average Bonchev–Trinajstić information content (AvgIpc) is 3.76. The molecule has 1 atom stereocenters. The van der Waals surface area contributed by atoms with Crippen LogP contribution in [0.1, 0.15) is 35.7 Å². The molecule has 0 bridgehead atoms. The molecule has 0 spiro atoms. The van der Waals surface area contributed by atoms with E-state index in [-0.39, 0.29) is 18.3 Å². The molecule has 1 heterocycles. The van der Waals surface area contributed by atoms with E-state index in [0.29, 0.717) is 17.3 Å². The molecule has 2 aromatic carbocycles. The Balaban J connectivity index is 1.62. The van der Waals surface area contributed by atoms with Crippen LogP contribution >= 0.6 is 0 Å². The number of pyridine rings is 1. The van der Waals surface area contributed by atoms with Crippen LogP contribution in [0.15, 0.2) is 96.9 Å². The van der Waals surface area contributed by atoms with Crippen molar-refractivity contribution < 1.29 is 18.0 Å². The number of nitrogens with one attached hydrogen (secondary N) is 2. The van der Waals surface area contributed by atoms with E-state index >= 15 is 0 Å². The Morgan fingerprint density at radius 3 is 2.59 bits per heavy atom. The van der Waals surface area contributed by atoms with Gasteiger partial charge in [0.25, 0.3) is 5.91 Å². The number of carbonyl (C=O) groups excluding carboxylic acids is 1. The summed E-state index contributed by atoms with van der Waals surface area (Å²) in [4.78, 5) is 19.3. The molecule has 1 unspecified atom stereocenters. The van der Waals surface area contributed by atoms with Gasteiger partial charge in [-0.05, 0) is 78.9 Å². The number of halogens is 3. The fraction of sp³-hybridized carbons (Fsp3) is 0.267. The minimum absolute atomic E-state index is 0.203. The highest BCUT2D eigenvalue weighted by Crippen LogP contribution is 2.31. The second-order valence-corrected chi connectivity index (χ2v) is 9.60. The SMILES string of the molecule is C=C(/C=C(/C(=O)Nc1cccc(C(NCC2CC2)c2ccccn2)c1)N(C)c1cccc(CN)c1)C(F)(F)F. The molecule has 4 N–H and O–H groups in total. The highest BCUT2D eigenvalue weighted by atomic mass is 19.4. The van der Waals surface area contributed by atoms with Crippen LogP contribution in [0.25, 0.3) is 0 Å². The van der Waals surface area contributed by atoms with Crippen molar-refractivity contribution in [3.05, 3.63) is 114 Å². The summed E-state index contributed by atoms with van der Waals surface area (Å²) in [6, 6.07) is 19.7. The van der Waals surface area contributed by atoms with Gasteiger partial charge in [-0.15, -0.1) is 0 Å². The lowest BCUT2D eigenvalue weighted by Gasteiger charge is -2.24. The Kier molecular flexibility index (Phi) is 8.83. The molecule has 1 fully saturated rings. The van der Waals surface area contributed by atoms with E-state index in [1.807, 2.05) is 30.3 Å². The first-order chi connectivity index (χ1) is 18.7. The largest absolute Gasteiger partial charge is 0.415 e. The minimum atomic E-state index is -4.69. The summed E-state index contributed by atoms with van der Waals surface area (Å²) in [5.41, 5.74) is 7.83. The van der Waals surface area contributed by atoms with Crippen molar-refractivity contribution in [3.63, 3.8) is 0 Å². The summed E-state index contributed by atoms with van der Waals surface area (Å²) in [5, 5.41) is 6.34. The predicted molar refractivity (Wildman–Crippen MR) is 148 cm³/mol. The summed E-state index contributed by atoms with van der Waals surface area (Å²) in [6.07, 6.45) is 0.180. The zero-order chi connectivity index (χ0) is 28.0. The molecule has 204 valence electrons. The summed E-state index contributed by atoms with van der Waals surface area (Å²) in [5.74, 6) is -0.0691. The molecule has 6 nitrogen and oxygen atoms in total. The Morgan fingerprint density at radius 1 is 1.15 bits per heavy atom. The van der Waals surface area contributed by atoms with E-state index in [2.05, 4.69) is 22.2 Å². The van der Waals surface area contributed by atoms with Gasteiger partial charge < -0.3 is 21.3 Å². The van der Waals surface area contributed by atoms with Gasteiger partial charge in [-0.1, -0.05) is 36.9 Å². The number of benzene rings is 2. The molecular formula is C30H32F3N5O. The lowest BCUT2D eigenvalue weighted by Crippen LogP contribution is -2.29. The summed E-state index contributed by atoms with van der Waals surface area (Å²) in [7, 11) is 1.53. The quantitative estimate of drug-likeness (QED) is 0.217. The first-order valence-corrected chi connectivity index (χ1v) is 12.7. The van der Waals surface area contributed by atoms with E-state index < -0.39 is 17.7 Å². The van der Waals surface area contributed by atoms with Crippen LogP contribution in [0.5, 0.6) is 0 Å². The third-order valence-corrected chi connectivity index (χ3v) is 6.57. The molecule has 3 aromatic rings. The Morgan fingerprint density at radius 2 is 1.92 bits per heavy atom. The van der Waals surface area contributed by atoms with E-state index in [0.717, 1.165) is 29.4 Å². The summed E-state index contributed by atoms with van der Waals surface area (Å²) < 4.78 is 40.2. The van der Waals surface area contributed by atoms with E-state index in [4.69, 9.17) is 5.73 Å². The zero-order valence-electron chi connectivity index (χ0n) is 21.7. The number of alkyl halides is 3. The Bertz CT molecular complexity index is 1340. The third-order valence-electron chi connectivity index (χ3n) is 6.57. The fourth-order valence-corrected chi connectivity index (χ4v) is 4.13. The van der Waals surface area contributed by atoms with Gasteiger partial charge in [0.05, 0.1) is 17.3 Å². The third kappa shape index (κ3) is 7.55. The van der Waals surface area contributed by atoms with Crippen LogP contribution in [0, 0.1) is 5.92 Å². The number of anilines is 2. The monoisotopic (exact) mass is 535 g/mol. The van der Waals surface area contributed by atoms with Crippen LogP contribution < -0.4 is 21.3 Å². The summed E-state index contributed by atoms with van der Waals surface area (Å²) in [6.45, 7) is 4.23. The number of rotatable bonds is 11. The number of carbonyl (C=O) groups is 1. The normalized spacial score (nSPS) is 14.5. The lowest BCUT2D eigenvalue weighted by molar-refractivity contribution is -0.112. The second kappa shape index (κ2) is 12.3. The molecule has 4 rings (SSSR count). The topological polar surface area (TPSA) is 83.3 Å². The van der Waals surface area contributed by atoms with Crippen molar-refractivity contribution in [2.45, 2.75) is 31.6 Å². The zero-order valence-corrected chi connectivity index (χ0v) is 21.7. The smallest absolute Gasteiger partial charge is 0.340 e. The van der Waals surface area contributed by atoms with Gasteiger partial charge in [-0.25, -0.2) is 0 Å². The van der Waals surface area contributed by atoms with Gasteiger partial charge in [0, 0.05) is 31.2 Å². The van der Waals surface area contributed by atoms with E-state index in [1.165, 1.54) is 24.8 Å². The number of nitrogens with two attached hydrogens (primary N) is 1. The van der Waals surface area contributed by atoms with Crippen LogP contribution in [-0.2, 0) is 11.3 Å². The van der Waals surface area contributed by atoms with Crippen LogP contribution in [0.3, 0.4) is 0 Å². The molecule has 0 radical (unpaired) electrons. The van der Waals surface area contributed by atoms with Crippen LogP contribution in [0.2, 0.25) is 0 Å². The molecule has 1 aromatic heterocycles. The second-order valence-electron chi connectivity index (χ2n) is 9.60. The summed E-state index contributed by atoms with van der Waals surface area (Å²) >= 11 is 0. The highest BCUT2D eigenvalue weighted by molar-refractivity contribution is 6.06. The number of amides is 1. The predicted octanol–water partition coefficient (Wildman–Crippen LogP) is 5.71. The van der Waals surface area contributed by atoms with Gasteiger partial charge in [0.15, 0.2) is 0 Å². The van der Waals surface area contributed by atoms with Crippen molar-refractivity contribution >= 4 is 17.3 Å². The molecule has 9 heteroatoms. The van der Waals surface area contributed by atoms with Gasteiger partial charge >= 0.3 is 6.18 Å². The molecule has 1 aliphatic rings. The number of likely N-dealkylation sites (N-methyl/N-ethyl adjacent to an activating group) is 1. The molecular weight excluding hydrogens is 503 g/mol. The standard InChI is InChI=1S/C30H32F3N5O/c1-20(30(31,32)33)15-27(38(2)25-10-5-7-22(16-25)18-34)29(39)37-24-9-6-8-23(17-24)28(36-19-21-12-13-21)26-11-3-4-14-35-26/h3-11,14-17,21,28,36H,1,12-13,18-19,34H2,2H3,(H,37,39)/b27-15-. The fourth-order valence-electron chi connectivity index (χ4n) is 4.13. The van der Waals surface area contributed by atoms with Gasteiger partial charge in [0.2, 0.25) is 0 Å². The molecule has 1 amide bonds. The molecule has 1 aliphatic carbocycles. The van der Waals surface area contributed by atoms with Crippen molar-refractivity contribution in [3.8, 4) is 0 Å². The number of hydrogen-bond acceptors (Lipinski definition) is 5. The van der Waals surface area contributed by atoms with E-state index in [1.54, 1.807) is 42.6 Å². The van der Waals surface area contributed by atoms with Crippen LogP contribution in [-0.4, -0.2) is 30.7 Å². The molecule has 39 heavy (non-hydrogen) atoms. The van der Waals surface area contributed by atoms with Crippen molar-refractivity contribution in [2.24, 2.45) is 11.7 Å². The van der Waals surface area contributed by atoms with Crippen molar-refractivity contribution in [1.82, 2.24) is 10.3 Å². The first kappa shape index (κ1) is 28.1. The van der Waals surface area contributed by atoms with Crippen molar-refractivity contribution in [2.75, 3.05) is 23.8 Å².